The quantitative estimate of drug-likeness (QED) is 0.686. The highest BCUT2D eigenvalue weighted by atomic mass is 32.1. The number of amides is 2. The first-order valence-electron chi connectivity index (χ1n) is 11.6. The van der Waals surface area contributed by atoms with Crippen molar-refractivity contribution in [2.24, 2.45) is 5.92 Å². The summed E-state index contributed by atoms with van der Waals surface area (Å²) in [7, 11) is 0. The number of aromatic nitrogens is 1. The van der Waals surface area contributed by atoms with Gasteiger partial charge in [-0.25, -0.2) is 9.78 Å². The number of rotatable bonds is 6. The van der Waals surface area contributed by atoms with Crippen LogP contribution in [0.1, 0.15) is 75.5 Å². The van der Waals surface area contributed by atoms with Crippen molar-refractivity contribution >= 4 is 28.5 Å². The number of nitrogens with zero attached hydrogens (tertiary/aromatic N) is 3. The number of likely N-dealkylation sites (tertiary alicyclic amines) is 1. The van der Waals surface area contributed by atoms with E-state index in [1.54, 1.807) is 0 Å². The maximum atomic E-state index is 13.3. The van der Waals surface area contributed by atoms with Crippen LogP contribution in [-0.4, -0.2) is 57.1 Å². The van der Waals surface area contributed by atoms with Crippen LogP contribution in [0.3, 0.4) is 0 Å². The van der Waals surface area contributed by atoms with Gasteiger partial charge in [-0.2, -0.15) is 0 Å². The van der Waals surface area contributed by atoms with Gasteiger partial charge in [0.05, 0.1) is 5.92 Å². The third-order valence-electron chi connectivity index (χ3n) is 6.94. The number of carboxylic acid groups (broad SMARTS) is 1. The van der Waals surface area contributed by atoms with Crippen LogP contribution < -0.4 is 5.32 Å². The highest BCUT2D eigenvalue weighted by molar-refractivity contribution is 7.15. The number of hydrogen-bond donors (Lipinski definition) is 2. The van der Waals surface area contributed by atoms with E-state index in [-0.39, 0.29) is 11.9 Å². The summed E-state index contributed by atoms with van der Waals surface area (Å²) in [6, 6.07) is 0.736. The number of hydrogen-bond acceptors (Lipinski definition) is 5. The smallest absolute Gasteiger partial charge is 0.324 e. The fourth-order valence-corrected chi connectivity index (χ4v) is 6.19. The summed E-state index contributed by atoms with van der Waals surface area (Å²) in [5, 5.41) is 12.9. The average molecular weight is 435 g/mol. The zero-order valence-corrected chi connectivity index (χ0v) is 18.5. The molecule has 166 valence electrons. The second kappa shape index (κ2) is 10.1. The molecule has 2 amide bonds. The molecule has 30 heavy (non-hydrogen) atoms. The molecule has 2 saturated carbocycles. The van der Waals surface area contributed by atoms with Crippen molar-refractivity contribution in [3.8, 4) is 0 Å². The summed E-state index contributed by atoms with van der Waals surface area (Å²) >= 11 is 1.51. The molecule has 3 aliphatic rings. The molecule has 3 fully saturated rings. The van der Waals surface area contributed by atoms with Crippen LogP contribution in [-0.2, 0) is 11.3 Å². The molecule has 8 heteroatoms. The Kier molecular flexibility index (Phi) is 7.25. The molecule has 2 N–H and O–H groups in total. The second-order valence-corrected chi connectivity index (χ2v) is 10.2. The SMILES string of the molecule is O=C(O)C1CCN(Cc2cnc(NC(=O)N(C3CCCCC3)C3CCCCC3)s2)C1. The van der Waals surface area contributed by atoms with Crippen molar-refractivity contribution < 1.29 is 14.7 Å². The molecule has 1 atom stereocenters. The van der Waals surface area contributed by atoms with Gasteiger partial charge in [0, 0.05) is 36.2 Å². The van der Waals surface area contributed by atoms with E-state index in [1.807, 2.05) is 6.20 Å². The molecule has 2 heterocycles. The number of nitrogens with one attached hydrogen (secondary N) is 1. The zero-order chi connectivity index (χ0) is 20.9. The number of thiazole rings is 1. The van der Waals surface area contributed by atoms with Gasteiger partial charge in [0.25, 0.3) is 0 Å². The van der Waals surface area contributed by atoms with E-state index in [4.69, 9.17) is 0 Å². The fraction of sp³-hybridized carbons (Fsp3) is 0.773. The molecule has 7 nitrogen and oxygen atoms in total. The lowest BCUT2D eigenvalue weighted by Crippen LogP contribution is -2.50. The number of urea groups is 1. The van der Waals surface area contributed by atoms with Crippen LogP contribution in [0.4, 0.5) is 9.93 Å². The third kappa shape index (κ3) is 5.32. The summed E-state index contributed by atoms with van der Waals surface area (Å²) in [6.07, 6.45) is 14.4. The summed E-state index contributed by atoms with van der Waals surface area (Å²) in [4.78, 5) is 34.3. The summed E-state index contributed by atoms with van der Waals surface area (Å²) in [5.41, 5.74) is 0. The minimum Gasteiger partial charge on any atom is -0.481 e. The first-order chi connectivity index (χ1) is 14.6. The molecule has 0 radical (unpaired) electrons. The van der Waals surface area contributed by atoms with Crippen LogP contribution in [0.15, 0.2) is 6.20 Å². The Hall–Kier alpha value is -1.67. The number of anilines is 1. The predicted molar refractivity (Wildman–Crippen MR) is 118 cm³/mol. The molecular formula is C22H34N4O3S. The Morgan fingerprint density at radius 3 is 2.27 bits per heavy atom. The Labute approximate surface area is 182 Å². The minimum absolute atomic E-state index is 0.0156. The van der Waals surface area contributed by atoms with E-state index in [9.17, 15) is 14.7 Å². The monoisotopic (exact) mass is 434 g/mol. The maximum Gasteiger partial charge on any atom is 0.324 e. The number of carboxylic acids is 1. The molecule has 1 aliphatic heterocycles. The normalized spacial score (nSPS) is 24.1. The highest BCUT2D eigenvalue weighted by Gasteiger charge is 2.33. The van der Waals surface area contributed by atoms with E-state index < -0.39 is 5.97 Å². The van der Waals surface area contributed by atoms with Gasteiger partial charge < -0.3 is 10.0 Å². The van der Waals surface area contributed by atoms with Crippen LogP contribution in [0.2, 0.25) is 0 Å². The molecule has 0 bridgehead atoms. The average Bonchev–Trinajstić information content (AvgIpc) is 3.40. The van der Waals surface area contributed by atoms with Crippen molar-refractivity contribution in [1.82, 2.24) is 14.8 Å². The Balaban J connectivity index is 1.37. The van der Waals surface area contributed by atoms with Crippen molar-refractivity contribution in [3.63, 3.8) is 0 Å². The Bertz CT molecular complexity index is 710. The molecule has 1 aromatic heterocycles. The number of aliphatic carboxylic acids is 1. The van der Waals surface area contributed by atoms with Gasteiger partial charge in [-0.3, -0.25) is 15.0 Å². The highest BCUT2D eigenvalue weighted by Crippen LogP contribution is 2.31. The van der Waals surface area contributed by atoms with Crippen LogP contribution in [0, 0.1) is 5.92 Å². The zero-order valence-electron chi connectivity index (χ0n) is 17.7. The molecule has 2 aliphatic carbocycles. The molecule has 1 saturated heterocycles. The van der Waals surface area contributed by atoms with Crippen molar-refractivity contribution in [2.45, 2.75) is 89.3 Å². The summed E-state index contributed by atoms with van der Waals surface area (Å²) in [6.45, 7) is 2.09. The predicted octanol–water partition coefficient (Wildman–Crippen LogP) is 4.55. The summed E-state index contributed by atoms with van der Waals surface area (Å²) in [5.74, 6) is -0.975. The van der Waals surface area contributed by atoms with Gasteiger partial charge in [-0.05, 0) is 38.6 Å². The largest absolute Gasteiger partial charge is 0.481 e. The number of carbonyl (C=O) groups is 2. The lowest BCUT2D eigenvalue weighted by molar-refractivity contribution is -0.141. The van der Waals surface area contributed by atoms with Gasteiger partial charge in [-0.1, -0.05) is 38.5 Å². The van der Waals surface area contributed by atoms with Crippen molar-refractivity contribution in [2.75, 3.05) is 18.4 Å². The van der Waals surface area contributed by atoms with E-state index in [2.05, 4.69) is 20.1 Å². The Morgan fingerprint density at radius 1 is 1.07 bits per heavy atom. The van der Waals surface area contributed by atoms with E-state index in [0.717, 1.165) is 37.1 Å². The topological polar surface area (TPSA) is 85.8 Å². The standard InChI is InChI=1S/C22H34N4O3S/c27-20(28)16-11-12-25(14-16)15-19-13-23-21(30-19)24-22(29)26(17-7-3-1-4-8-17)18-9-5-2-6-10-18/h13,16-18H,1-12,14-15H2,(H,27,28)(H,23,24,29). The lowest BCUT2D eigenvalue weighted by atomic mass is 9.89. The fourth-order valence-electron chi connectivity index (χ4n) is 5.34. The van der Waals surface area contributed by atoms with Gasteiger partial charge in [0.2, 0.25) is 0 Å². The van der Waals surface area contributed by atoms with Crippen molar-refractivity contribution in [3.05, 3.63) is 11.1 Å². The Morgan fingerprint density at radius 2 is 1.70 bits per heavy atom. The molecule has 1 unspecified atom stereocenters. The molecule has 4 rings (SSSR count). The maximum absolute atomic E-state index is 13.3. The molecule has 1 aromatic rings. The molecule has 0 aromatic carbocycles. The molecular weight excluding hydrogens is 400 g/mol. The van der Waals surface area contributed by atoms with Crippen LogP contribution in [0.25, 0.3) is 0 Å². The summed E-state index contributed by atoms with van der Waals surface area (Å²) < 4.78 is 0. The lowest BCUT2D eigenvalue weighted by Gasteiger charge is -2.41. The van der Waals surface area contributed by atoms with E-state index in [0.29, 0.717) is 36.7 Å². The van der Waals surface area contributed by atoms with Crippen LogP contribution in [0.5, 0.6) is 0 Å². The number of carbonyl (C=O) groups excluding carboxylic acids is 1. The molecule has 0 spiro atoms. The van der Waals surface area contributed by atoms with E-state index in [1.165, 1.54) is 49.9 Å². The van der Waals surface area contributed by atoms with Gasteiger partial charge in [0.15, 0.2) is 5.13 Å². The van der Waals surface area contributed by atoms with E-state index >= 15 is 0 Å². The first kappa shape index (κ1) is 21.6. The van der Waals surface area contributed by atoms with Crippen LogP contribution >= 0.6 is 11.3 Å². The van der Waals surface area contributed by atoms with Crippen molar-refractivity contribution in [1.29, 1.82) is 0 Å². The van der Waals surface area contributed by atoms with Gasteiger partial charge in [-0.15, -0.1) is 11.3 Å². The second-order valence-electron chi connectivity index (χ2n) is 9.11. The van der Waals surface area contributed by atoms with Gasteiger partial charge >= 0.3 is 12.0 Å². The third-order valence-corrected chi connectivity index (χ3v) is 7.84. The van der Waals surface area contributed by atoms with Gasteiger partial charge in [0.1, 0.15) is 0 Å². The first-order valence-corrected chi connectivity index (χ1v) is 12.4. The minimum atomic E-state index is -0.708.